The number of carboxylic acids is 1. The lowest BCUT2D eigenvalue weighted by Gasteiger charge is -2.34. The molecular weight excluding hydrogens is 477 g/mol. The van der Waals surface area contributed by atoms with Gasteiger partial charge in [0.15, 0.2) is 9.84 Å². The van der Waals surface area contributed by atoms with Crippen LogP contribution in [0, 0.1) is 11.8 Å². The summed E-state index contributed by atoms with van der Waals surface area (Å²) >= 11 is 0. The van der Waals surface area contributed by atoms with E-state index in [1.165, 1.54) is 6.42 Å². The van der Waals surface area contributed by atoms with Gasteiger partial charge in [-0.1, -0.05) is 12.1 Å². The van der Waals surface area contributed by atoms with E-state index in [0.717, 1.165) is 24.2 Å². The highest BCUT2D eigenvalue weighted by molar-refractivity contribution is 7.92. The van der Waals surface area contributed by atoms with Gasteiger partial charge in [0.25, 0.3) is 0 Å². The fourth-order valence-corrected chi connectivity index (χ4v) is 6.74. The zero-order chi connectivity index (χ0) is 25.1. The molecule has 2 heterocycles. The maximum Gasteiger partial charge on any atom is 0.490 e. The molecule has 2 N–H and O–H groups in total. The number of alkyl halides is 3. The summed E-state index contributed by atoms with van der Waals surface area (Å²) in [5.74, 6) is -2.03. The predicted molar refractivity (Wildman–Crippen MR) is 117 cm³/mol. The molecule has 2 aliphatic heterocycles. The number of nitrogens with one attached hydrogen (secondary N) is 1. The summed E-state index contributed by atoms with van der Waals surface area (Å²) in [6.07, 6.45) is -1.35. The van der Waals surface area contributed by atoms with E-state index in [4.69, 9.17) is 14.6 Å². The minimum atomic E-state index is -5.08. The van der Waals surface area contributed by atoms with Crippen LogP contribution in [0.15, 0.2) is 24.3 Å². The monoisotopic (exact) mass is 506 g/mol. The number of nitrogens with zero attached hydrogens (tertiary/aromatic N) is 1. The van der Waals surface area contributed by atoms with Gasteiger partial charge in [0.2, 0.25) is 5.91 Å². The van der Waals surface area contributed by atoms with E-state index in [1.807, 2.05) is 24.3 Å². The van der Waals surface area contributed by atoms with Crippen molar-refractivity contribution < 1.29 is 41.0 Å². The number of methoxy groups -OCH3 is 1. The predicted octanol–water partition coefficient (Wildman–Crippen LogP) is 2.23. The topological polar surface area (TPSA) is 113 Å². The van der Waals surface area contributed by atoms with Crippen LogP contribution in [0.25, 0.3) is 0 Å². The van der Waals surface area contributed by atoms with E-state index in [2.05, 4.69) is 10.2 Å². The Hall–Kier alpha value is -2.34. The van der Waals surface area contributed by atoms with Crippen molar-refractivity contribution in [1.29, 1.82) is 0 Å². The number of rotatable bonds is 5. The second-order valence-corrected chi connectivity index (χ2v) is 11.3. The fraction of sp³-hybridized carbons (Fsp3) is 0.636. The Kier molecular flexibility index (Phi) is 8.12. The van der Waals surface area contributed by atoms with Crippen LogP contribution in [0.3, 0.4) is 0 Å². The molecule has 4 rings (SSSR count). The molecule has 34 heavy (non-hydrogen) atoms. The molecule has 3 aliphatic rings. The quantitative estimate of drug-likeness (QED) is 0.630. The number of aliphatic carboxylic acids is 1. The van der Waals surface area contributed by atoms with Gasteiger partial charge in [0.1, 0.15) is 5.75 Å². The van der Waals surface area contributed by atoms with Crippen LogP contribution in [0.5, 0.6) is 5.75 Å². The number of likely N-dealkylation sites (tertiary alicyclic amines) is 1. The van der Waals surface area contributed by atoms with E-state index in [9.17, 15) is 26.4 Å². The molecule has 190 valence electrons. The normalized spacial score (nSPS) is 26.4. The third kappa shape index (κ3) is 6.41. The second kappa shape index (κ2) is 10.5. The van der Waals surface area contributed by atoms with Crippen LogP contribution < -0.4 is 10.1 Å². The van der Waals surface area contributed by atoms with E-state index in [0.29, 0.717) is 32.1 Å². The summed E-state index contributed by atoms with van der Waals surface area (Å²) < 4.78 is 62.2. The molecule has 3 fully saturated rings. The van der Waals surface area contributed by atoms with Crippen molar-refractivity contribution in [2.24, 2.45) is 11.8 Å². The molecule has 0 spiro atoms. The maximum atomic E-state index is 12.8. The zero-order valence-electron chi connectivity index (χ0n) is 18.8. The number of fused-ring (bicyclic) bond motifs is 1. The Balaban J connectivity index is 0.000000406. The molecule has 0 aromatic heterocycles. The largest absolute Gasteiger partial charge is 0.497 e. The summed E-state index contributed by atoms with van der Waals surface area (Å²) in [4.78, 5) is 23.8. The van der Waals surface area contributed by atoms with Crippen LogP contribution in [-0.4, -0.2) is 73.7 Å². The van der Waals surface area contributed by atoms with Crippen molar-refractivity contribution in [2.75, 3.05) is 26.0 Å². The summed E-state index contributed by atoms with van der Waals surface area (Å²) in [6.45, 7) is 1.88. The molecule has 0 radical (unpaired) electrons. The van der Waals surface area contributed by atoms with Crippen LogP contribution in [0.4, 0.5) is 13.2 Å². The molecular formula is C22H29F3N2O6S. The standard InChI is InChI=1S/C20H28N2O4S.C2HF3O2/c1-26-16-7-5-14(6-8-16)11-22-12-18-17(20(23)21-15-3-2-4-15)9-10-27(24,25)19(18)13-22;3-2(4,5)1(6)7/h5-8,15,17-19H,2-4,9-13H2,1H3,(H,21,23);(H,6,7)/t17-,18+,19+;/m0./s1. The lowest BCUT2D eigenvalue weighted by molar-refractivity contribution is -0.192. The number of ether oxygens (including phenoxy) is 1. The van der Waals surface area contributed by atoms with Crippen molar-refractivity contribution in [3.8, 4) is 5.75 Å². The molecule has 0 unspecified atom stereocenters. The second-order valence-electron chi connectivity index (χ2n) is 8.95. The summed E-state index contributed by atoms with van der Waals surface area (Å²) in [6, 6.07) is 8.16. The Labute approximate surface area is 196 Å². The average Bonchev–Trinajstić information content (AvgIpc) is 3.16. The lowest BCUT2D eigenvalue weighted by atomic mass is 9.86. The Bertz CT molecular complexity index is 979. The van der Waals surface area contributed by atoms with Crippen LogP contribution in [0.1, 0.15) is 31.2 Å². The van der Waals surface area contributed by atoms with Gasteiger partial charge in [-0.3, -0.25) is 9.69 Å². The molecule has 0 bridgehead atoms. The number of benzene rings is 1. The summed E-state index contributed by atoms with van der Waals surface area (Å²) in [5, 5.41) is 9.85. The van der Waals surface area contributed by atoms with E-state index >= 15 is 0 Å². The molecule has 3 atom stereocenters. The molecule has 1 aromatic rings. The Morgan fingerprint density at radius 2 is 1.76 bits per heavy atom. The van der Waals surface area contributed by atoms with Gasteiger partial charge in [-0.25, -0.2) is 13.2 Å². The molecule has 1 amide bonds. The van der Waals surface area contributed by atoms with Gasteiger partial charge in [-0.2, -0.15) is 13.2 Å². The highest BCUT2D eigenvalue weighted by atomic mass is 32.2. The van der Waals surface area contributed by atoms with Crippen LogP contribution in [-0.2, 0) is 26.0 Å². The first kappa shape index (κ1) is 26.3. The molecule has 8 nitrogen and oxygen atoms in total. The molecule has 2 saturated heterocycles. The number of sulfone groups is 1. The van der Waals surface area contributed by atoms with Gasteiger partial charge in [0.05, 0.1) is 18.1 Å². The first-order valence-corrected chi connectivity index (χ1v) is 12.8. The maximum absolute atomic E-state index is 12.8. The Morgan fingerprint density at radius 3 is 2.26 bits per heavy atom. The van der Waals surface area contributed by atoms with Crippen molar-refractivity contribution in [3.63, 3.8) is 0 Å². The minimum absolute atomic E-state index is 0.0656. The lowest BCUT2D eigenvalue weighted by Crippen LogP contribution is -2.50. The zero-order valence-corrected chi connectivity index (χ0v) is 19.6. The van der Waals surface area contributed by atoms with Gasteiger partial charge in [-0.15, -0.1) is 0 Å². The average molecular weight is 507 g/mol. The molecule has 1 aromatic carbocycles. The highest BCUT2D eigenvalue weighted by Gasteiger charge is 2.50. The van der Waals surface area contributed by atoms with Crippen molar-refractivity contribution in [1.82, 2.24) is 10.2 Å². The molecule has 12 heteroatoms. The summed E-state index contributed by atoms with van der Waals surface area (Å²) in [7, 11) is -1.49. The fourth-order valence-electron chi connectivity index (χ4n) is 4.61. The number of carboxylic acid groups (broad SMARTS) is 1. The van der Waals surface area contributed by atoms with Gasteiger partial charge < -0.3 is 15.2 Å². The van der Waals surface area contributed by atoms with Crippen molar-refractivity contribution >= 4 is 21.7 Å². The van der Waals surface area contributed by atoms with E-state index in [1.54, 1.807) is 7.11 Å². The SMILES string of the molecule is COc1ccc(CN2C[C@@H]3[C@@H](C(=O)NC4CCC4)CCS(=O)(=O)[C@@H]3C2)cc1.O=C(O)C(F)(F)F. The first-order valence-electron chi connectivity index (χ1n) is 11.1. The molecule has 1 saturated carbocycles. The van der Waals surface area contributed by atoms with Crippen LogP contribution in [0.2, 0.25) is 0 Å². The Morgan fingerprint density at radius 1 is 1.15 bits per heavy atom. The highest BCUT2D eigenvalue weighted by Crippen LogP contribution is 2.38. The molecule has 1 aliphatic carbocycles. The van der Waals surface area contributed by atoms with E-state index in [-0.39, 0.29) is 23.5 Å². The van der Waals surface area contributed by atoms with Crippen molar-refractivity contribution in [3.05, 3.63) is 29.8 Å². The third-order valence-electron chi connectivity index (χ3n) is 6.67. The first-order chi connectivity index (χ1) is 15.9. The van der Waals surface area contributed by atoms with Crippen molar-refractivity contribution in [2.45, 2.75) is 49.7 Å². The van der Waals surface area contributed by atoms with Gasteiger partial charge in [0, 0.05) is 37.5 Å². The van der Waals surface area contributed by atoms with Gasteiger partial charge in [-0.05, 0) is 43.4 Å². The minimum Gasteiger partial charge on any atom is -0.497 e. The van der Waals surface area contributed by atoms with Gasteiger partial charge >= 0.3 is 12.1 Å². The number of hydrogen-bond donors (Lipinski definition) is 2. The number of carbonyl (C=O) groups excluding carboxylic acids is 1. The number of halogens is 3. The van der Waals surface area contributed by atoms with Crippen LogP contribution >= 0.6 is 0 Å². The number of amides is 1. The number of hydrogen-bond acceptors (Lipinski definition) is 6. The third-order valence-corrected chi connectivity index (χ3v) is 8.90. The number of carbonyl (C=O) groups is 2. The smallest absolute Gasteiger partial charge is 0.490 e. The van der Waals surface area contributed by atoms with E-state index < -0.39 is 27.2 Å². The summed E-state index contributed by atoms with van der Waals surface area (Å²) in [5.41, 5.74) is 1.13.